The van der Waals surface area contributed by atoms with E-state index in [1.165, 1.54) is 0 Å². The van der Waals surface area contributed by atoms with Crippen molar-refractivity contribution < 1.29 is 23.2 Å². The standard InChI is InChI=1S/C25H24F2N4O3/c1-16-4-2-6-19(12-16)30-25(34)31-20-7-3-5-17(13-20)15-29-23(32)10-11-28-24(33)21-9-8-18(26)14-22(21)27/h2-9,12-14H,10-11,15H2,1H3,(H,28,33)(H,29,32)(H2,30,31,34). The van der Waals surface area contributed by atoms with E-state index in [4.69, 9.17) is 0 Å². The fourth-order valence-corrected chi connectivity index (χ4v) is 3.12. The highest BCUT2D eigenvalue weighted by Gasteiger charge is 2.12. The van der Waals surface area contributed by atoms with Gasteiger partial charge in [0.1, 0.15) is 11.6 Å². The molecule has 34 heavy (non-hydrogen) atoms. The number of aryl methyl sites for hydroxylation is 1. The lowest BCUT2D eigenvalue weighted by Crippen LogP contribution is -2.31. The first kappa shape index (κ1) is 24.4. The highest BCUT2D eigenvalue weighted by Crippen LogP contribution is 2.13. The van der Waals surface area contributed by atoms with Crippen molar-refractivity contribution in [2.45, 2.75) is 19.9 Å². The Bertz CT molecular complexity index is 1200. The van der Waals surface area contributed by atoms with Crippen LogP contribution >= 0.6 is 0 Å². The van der Waals surface area contributed by atoms with Crippen LogP contribution < -0.4 is 21.3 Å². The molecule has 0 saturated heterocycles. The van der Waals surface area contributed by atoms with Gasteiger partial charge in [-0.05, 0) is 54.4 Å². The molecule has 4 amide bonds. The van der Waals surface area contributed by atoms with E-state index in [-0.39, 0.29) is 37.0 Å². The Morgan fingerprint density at radius 1 is 0.824 bits per heavy atom. The summed E-state index contributed by atoms with van der Waals surface area (Å²) in [6, 6.07) is 16.7. The van der Waals surface area contributed by atoms with Crippen LogP contribution in [0.25, 0.3) is 0 Å². The molecule has 0 aromatic heterocycles. The number of anilines is 2. The molecule has 0 saturated carbocycles. The van der Waals surface area contributed by atoms with Crippen LogP contribution in [0.4, 0.5) is 25.0 Å². The second-order valence-electron chi connectivity index (χ2n) is 7.56. The van der Waals surface area contributed by atoms with Crippen molar-refractivity contribution in [2.75, 3.05) is 17.2 Å². The summed E-state index contributed by atoms with van der Waals surface area (Å²) in [4.78, 5) is 36.2. The first-order valence-corrected chi connectivity index (χ1v) is 10.5. The monoisotopic (exact) mass is 466 g/mol. The number of nitrogens with one attached hydrogen (secondary N) is 4. The SMILES string of the molecule is Cc1cccc(NC(=O)Nc2cccc(CNC(=O)CCNC(=O)c3ccc(F)cc3F)c2)c1. The summed E-state index contributed by atoms with van der Waals surface area (Å²) in [6.07, 6.45) is -0.0224. The Balaban J connectivity index is 1.42. The molecular formula is C25H24F2N4O3. The molecule has 3 rings (SSSR count). The molecule has 0 unspecified atom stereocenters. The maximum atomic E-state index is 13.6. The number of hydrogen-bond acceptors (Lipinski definition) is 3. The lowest BCUT2D eigenvalue weighted by molar-refractivity contribution is -0.121. The molecule has 9 heteroatoms. The van der Waals surface area contributed by atoms with Crippen LogP contribution in [0.3, 0.4) is 0 Å². The predicted molar refractivity (Wildman–Crippen MR) is 125 cm³/mol. The van der Waals surface area contributed by atoms with Crippen LogP contribution in [0.1, 0.15) is 27.9 Å². The van der Waals surface area contributed by atoms with Gasteiger partial charge in [0.15, 0.2) is 0 Å². The fraction of sp³-hybridized carbons (Fsp3) is 0.160. The summed E-state index contributed by atoms with van der Waals surface area (Å²) in [5.41, 5.74) is 2.73. The third-order valence-corrected chi connectivity index (χ3v) is 4.76. The predicted octanol–water partition coefficient (Wildman–Crippen LogP) is 4.35. The first-order chi connectivity index (χ1) is 16.3. The molecule has 0 aliphatic carbocycles. The average molecular weight is 466 g/mol. The summed E-state index contributed by atoms with van der Waals surface area (Å²) in [7, 11) is 0. The summed E-state index contributed by atoms with van der Waals surface area (Å²) >= 11 is 0. The fourth-order valence-electron chi connectivity index (χ4n) is 3.12. The van der Waals surface area contributed by atoms with Gasteiger partial charge in [-0.3, -0.25) is 9.59 Å². The second kappa shape index (κ2) is 11.6. The summed E-state index contributed by atoms with van der Waals surface area (Å²) in [6.45, 7) is 2.14. The highest BCUT2D eigenvalue weighted by atomic mass is 19.1. The third kappa shape index (κ3) is 7.40. The Morgan fingerprint density at radius 3 is 2.24 bits per heavy atom. The molecule has 3 aromatic carbocycles. The smallest absolute Gasteiger partial charge is 0.323 e. The lowest BCUT2D eigenvalue weighted by atomic mass is 10.2. The van der Waals surface area contributed by atoms with Gasteiger partial charge in [0.05, 0.1) is 5.56 Å². The molecule has 0 aliphatic rings. The van der Waals surface area contributed by atoms with Gasteiger partial charge in [0.25, 0.3) is 5.91 Å². The number of urea groups is 1. The van der Waals surface area contributed by atoms with Gasteiger partial charge in [0, 0.05) is 37.0 Å². The van der Waals surface area contributed by atoms with Gasteiger partial charge in [-0.1, -0.05) is 24.3 Å². The zero-order chi connectivity index (χ0) is 24.5. The van der Waals surface area contributed by atoms with Crippen LogP contribution in [-0.2, 0) is 11.3 Å². The van der Waals surface area contributed by atoms with Gasteiger partial charge in [0.2, 0.25) is 5.91 Å². The van der Waals surface area contributed by atoms with Crippen molar-refractivity contribution in [3.05, 3.63) is 95.1 Å². The number of halogens is 2. The minimum atomic E-state index is -0.969. The number of hydrogen-bond donors (Lipinski definition) is 4. The summed E-state index contributed by atoms with van der Waals surface area (Å²) in [5, 5.41) is 10.6. The zero-order valence-corrected chi connectivity index (χ0v) is 18.5. The molecule has 0 spiro atoms. The minimum absolute atomic E-state index is 0.0117. The van der Waals surface area contributed by atoms with E-state index >= 15 is 0 Å². The normalized spacial score (nSPS) is 10.3. The second-order valence-corrected chi connectivity index (χ2v) is 7.56. The highest BCUT2D eigenvalue weighted by molar-refractivity contribution is 5.99. The summed E-state index contributed by atoms with van der Waals surface area (Å²) < 4.78 is 26.6. The summed E-state index contributed by atoms with van der Waals surface area (Å²) in [5.74, 6) is -2.80. The van der Waals surface area contributed by atoms with Crippen molar-refractivity contribution in [3.8, 4) is 0 Å². The molecular weight excluding hydrogens is 442 g/mol. The molecule has 0 heterocycles. The number of rotatable bonds is 8. The molecule has 7 nitrogen and oxygen atoms in total. The van der Waals surface area contributed by atoms with Crippen molar-refractivity contribution in [1.82, 2.24) is 10.6 Å². The molecule has 0 radical (unpaired) electrons. The van der Waals surface area contributed by atoms with Crippen molar-refractivity contribution in [3.63, 3.8) is 0 Å². The lowest BCUT2D eigenvalue weighted by Gasteiger charge is -2.10. The van der Waals surface area contributed by atoms with Crippen LogP contribution in [0.15, 0.2) is 66.7 Å². The van der Waals surface area contributed by atoms with E-state index in [1.807, 2.05) is 25.1 Å². The minimum Gasteiger partial charge on any atom is -0.352 e. The van der Waals surface area contributed by atoms with Gasteiger partial charge in [-0.25, -0.2) is 13.6 Å². The Kier molecular flexibility index (Phi) is 8.28. The molecule has 176 valence electrons. The van der Waals surface area contributed by atoms with Gasteiger partial charge in [-0.15, -0.1) is 0 Å². The molecule has 0 atom stereocenters. The van der Waals surface area contributed by atoms with Crippen LogP contribution in [0, 0.1) is 18.6 Å². The zero-order valence-electron chi connectivity index (χ0n) is 18.5. The average Bonchev–Trinajstić information content (AvgIpc) is 2.78. The van der Waals surface area contributed by atoms with Gasteiger partial charge in [-0.2, -0.15) is 0 Å². The van der Waals surface area contributed by atoms with Gasteiger partial charge >= 0.3 is 6.03 Å². The van der Waals surface area contributed by atoms with E-state index < -0.39 is 17.5 Å². The Hall–Kier alpha value is -4.27. The van der Waals surface area contributed by atoms with E-state index in [2.05, 4.69) is 21.3 Å². The van der Waals surface area contributed by atoms with Gasteiger partial charge < -0.3 is 21.3 Å². The molecule has 0 fully saturated rings. The number of benzene rings is 3. The number of carbonyl (C=O) groups is 3. The number of carbonyl (C=O) groups excluding carboxylic acids is 3. The molecule has 0 bridgehead atoms. The van der Waals surface area contributed by atoms with E-state index in [1.54, 1.807) is 30.3 Å². The maximum absolute atomic E-state index is 13.6. The molecule has 0 aliphatic heterocycles. The van der Waals surface area contributed by atoms with E-state index in [0.29, 0.717) is 17.4 Å². The van der Waals surface area contributed by atoms with Crippen molar-refractivity contribution in [1.29, 1.82) is 0 Å². The molecule has 3 aromatic rings. The quantitative estimate of drug-likeness (QED) is 0.397. The first-order valence-electron chi connectivity index (χ1n) is 10.5. The Morgan fingerprint density at radius 2 is 1.53 bits per heavy atom. The number of amides is 4. The Labute approximate surface area is 195 Å². The van der Waals surface area contributed by atoms with Crippen LogP contribution in [-0.4, -0.2) is 24.4 Å². The largest absolute Gasteiger partial charge is 0.352 e. The van der Waals surface area contributed by atoms with Crippen molar-refractivity contribution in [2.24, 2.45) is 0 Å². The van der Waals surface area contributed by atoms with Crippen LogP contribution in [0.5, 0.6) is 0 Å². The van der Waals surface area contributed by atoms with Crippen molar-refractivity contribution >= 4 is 29.2 Å². The maximum Gasteiger partial charge on any atom is 0.323 e. The molecule has 4 N–H and O–H groups in total. The topological polar surface area (TPSA) is 99.3 Å². The van der Waals surface area contributed by atoms with E-state index in [0.717, 1.165) is 23.3 Å². The van der Waals surface area contributed by atoms with Crippen LogP contribution in [0.2, 0.25) is 0 Å². The third-order valence-electron chi connectivity index (χ3n) is 4.76. The van der Waals surface area contributed by atoms with E-state index in [9.17, 15) is 23.2 Å².